The topological polar surface area (TPSA) is 277 Å². The number of ether oxygens (including phenoxy) is 1. The van der Waals surface area contributed by atoms with Crippen LogP contribution in [0.4, 0.5) is 11.6 Å². The van der Waals surface area contributed by atoms with Crippen molar-refractivity contribution < 1.29 is 24.2 Å². The van der Waals surface area contributed by atoms with Gasteiger partial charge >= 0.3 is 11.9 Å². The molecule has 0 aliphatic rings. The molecule has 0 fully saturated rings. The molecule has 11 rings (SSSR count). The zero-order valence-electron chi connectivity index (χ0n) is 46.1. The lowest BCUT2D eigenvalue weighted by Gasteiger charge is -2.05. The Morgan fingerprint density at radius 2 is 0.914 bits per heavy atom. The predicted molar refractivity (Wildman–Crippen MR) is 314 cm³/mol. The summed E-state index contributed by atoms with van der Waals surface area (Å²) in [6, 6.07) is 37.8. The van der Waals surface area contributed by atoms with Crippen LogP contribution in [0.3, 0.4) is 0 Å². The molecule has 0 aliphatic carbocycles. The van der Waals surface area contributed by atoms with Gasteiger partial charge in [0, 0.05) is 76.2 Å². The Kier molecular flexibility index (Phi) is 18.7. The van der Waals surface area contributed by atoms with Crippen LogP contribution < -0.4 is 17.2 Å². The fourth-order valence-electron chi connectivity index (χ4n) is 8.70. The van der Waals surface area contributed by atoms with Crippen molar-refractivity contribution in [2.45, 2.75) is 80.6 Å². The Hall–Kier alpha value is -10.0. The number of benzene rings is 3. The molecule has 0 aliphatic heterocycles. The van der Waals surface area contributed by atoms with Gasteiger partial charge in [-0.25, -0.2) is 19.6 Å². The molecule has 0 amide bonds. The number of pyridine rings is 5. The van der Waals surface area contributed by atoms with Crippen LogP contribution in [0.5, 0.6) is 0 Å². The maximum Gasteiger partial charge on any atom is 0.341 e. The molecular weight excluding hydrogens is 1020 g/mol. The standard InChI is InChI=1S/C23H23N5O.C17H17N3O2.C15H13N3O2.C7H11N3/c1-15-3-5-19-11-17(4-8-21(19)26-15)13-28-14-20(12-25-28)22(29)9-6-18-7-10-23(24)27-16(18)2;1-3-22-17(21)15-9-18-20(11-15)10-13-5-7-16-14(8-13)6-4-12(2)19-16;1-10-2-4-12-6-11(3-5-14(12)17-10)8-18-9-13(7-16-18)15(19)20;1-5-6(4-8)2-3-7(9)10-5/h3-5,7-8,10-12,14H,6,9,13H2,1-2H3,(H2,24,27);4-9,11H,3,10H2,1-2H3;2-7,9H,8H2,1H3,(H,19,20);2-3H,4,8H2,1H3,(H2,9,10). The lowest BCUT2D eigenvalue weighted by molar-refractivity contribution is 0.0525. The molecule has 0 unspecified atom stereocenters. The summed E-state index contributed by atoms with van der Waals surface area (Å²) in [5, 5.41) is 24.8. The predicted octanol–water partition coefficient (Wildman–Crippen LogP) is 9.77. The number of rotatable bonds is 14. The molecule has 3 aromatic carbocycles. The van der Waals surface area contributed by atoms with E-state index in [4.69, 9.17) is 27.0 Å². The summed E-state index contributed by atoms with van der Waals surface area (Å²) in [5.41, 5.74) is 30.9. The van der Waals surface area contributed by atoms with Crippen LogP contribution in [0.1, 0.15) is 101 Å². The number of hydrogen-bond acceptors (Lipinski definition) is 15. The number of fused-ring (bicyclic) bond motifs is 3. The van der Waals surface area contributed by atoms with Gasteiger partial charge in [0.05, 0.1) is 78.1 Å². The van der Waals surface area contributed by atoms with Crippen molar-refractivity contribution in [1.82, 2.24) is 54.3 Å². The third kappa shape index (κ3) is 15.8. The van der Waals surface area contributed by atoms with Crippen LogP contribution in [0.15, 0.2) is 152 Å². The van der Waals surface area contributed by atoms with E-state index in [1.165, 1.54) is 18.6 Å². The Morgan fingerprint density at radius 1 is 0.506 bits per heavy atom. The number of Topliss-reactive ketones (excluding diaryl/α,β-unsaturated/α-hetero) is 1. The molecule has 0 bridgehead atoms. The summed E-state index contributed by atoms with van der Waals surface area (Å²) in [5.74, 6) is -0.180. The number of aromatic carboxylic acids is 1. The fourth-order valence-corrected chi connectivity index (χ4v) is 8.70. The Labute approximate surface area is 468 Å². The third-order valence-electron chi connectivity index (χ3n) is 13.0. The molecule has 8 aromatic heterocycles. The number of aromatic nitrogens is 11. The number of nitrogen functional groups attached to an aromatic ring is 2. The van der Waals surface area contributed by atoms with Gasteiger partial charge in [0.15, 0.2) is 5.78 Å². The highest BCUT2D eigenvalue weighted by molar-refractivity contribution is 5.95. The minimum absolute atomic E-state index is 0.0747. The first-order valence-corrected chi connectivity index (χ1v) is 26.2. The number of anilines is 2. The Bertz CT molecular complexity index is 4020. The van der Waals surface area contributed by atoms with Crippen molar-refractivity contribution in [3.05, 3.63) is 225 Å². The lowest BCUT2D eigenvalue weighted by atomic mass is 10.0. The molecule has 8 heterocycles. The molecular formula is C62H64N14O5. The maximum absolute atomic E-state index is 12.6. The SMILES string of the molecule is CCOC(=O)c1cnn(Cc2ccc3nc(C)ccc3c2)c1.Cc1ccc2cc(Cn3cc(C(=O)CCc4ccc(N)nc4C)cn3)ccc2n1.Cc1ccc2cc(Cn3cc(C(=O)O)cn3)ccc2n1.Cc1nc(N)ccc1CN. The third-order valence-corrected chi connectivity index (χ3v) is 13.0. The van der Waals surface area contributed by atoms with Gasteiger partial charge in [-0.3, -0.25) is 33.8 Å². The summed E-state index contributed by atoms with van der Waals surface area (Å²) >= 11 is 0. The first-order valence-electron chi connectivity index (χ1n) is 26.2. The van der Waals surface area contributed by atoms with Gasteiger partial charge < -0.3 is 27.0 Å². The number of ketones is 1. The van der Waals surface area contributed by atoms with Gasteiger partial charge in [-0.2, -0.15) is 15.3 Å². The number of esters is 1. The zero-order valence-corrected chi connectivity index (χ0v) is 46.1. The molecule has 0 saturated heterocycles. The second kappa shape index (κ2) is 26.6. The maximum atomic E-state index is 12.6. The normalized spacial score (nSPS) is 10.8. The number of carbonyl (C=O) groups is 3. The second-order valence-corrected chi connectivity index (χ2v) is 19.3. The van der Waals surface area contributed by atoms with Crippen molar-refractivity contribution in [1.29, 1.82) is 0 Å². The average molecular weight is 1090 g/mol. The monoisotopic (exact) mass is 1080 g/mol. The van der Waals surface area contributed by atoms with E-state index in [9.17, 15) is 14.4 Å². The van der Waals surface area contributed by atoms with E-state index in [0.29, 0.717) is 68.4 Å². The van der Waals surface area contributed by atoms with Gasteiger partial charge in [0.2, 0.25) is 0 Å². The fraction of sp³-hybridized carbons (Fsp3) is 0.210. The van der Waals surface area contributed by atoms with E-state index in [1.807, 2.05) is 114 Å². The number of carboxylic acids is 1. The number of carbonyl (C=O) groups excluding carboxylic acids is 2. The summed E-state index contributed by atoms with van der Waals surface area (Å²) < 4.78 is 10.1. The number of nitrogens with two attached hydrogens (primary N) is 3. The summed E-state index contributed by atoms with van der Waals surface area (Å²) in [6.45, 7) is 14.2. The minimum atomic E-state index is -0.963. The summed E-state index contributed by atoms with van der Waals surface area (Å²) in [6.07, 6.45) is 10.6. The molecule has 0 saturated carbocycles. The number of nitrogens with zero attached hydrogens (tertiary/aromatic N) is 11. The quantitative estimate of drug-likeness (QED) is 0.0582. The van der Waals surface area contributed by atoms with Crippen molar-refractivity contribution in [3.63, 3.8) is 0 Å². The summed E-state index contributed by atoms with van der Waals surface area (Å²) in [4.78, 5) is 56.8. The highest BCUT2D eigenvalue weighted by Gasteiger charge is 2.13. The first kappa shape index (κ1) is 57.2. The Balaban J connectivity index is 0.000000149. The van der Waals surface area contributed by atoms with Crippen LogP contribution in [-0.2, 0) is 37.3 Å². The molecule has 412 valence electrons. The molecule has 11 aromatic rings. The second-order valence-electron chi connectivity index (χ2n) is 19.3. The van der Waals surface area contributed by atoms with Crippen molar-refractivity contribution in [3.8, 4) is 0 Å². The van der Waals surface area contributed by atoms with Crippen LogP contribution in [0, 0.1) is 34.6 Å². The zero-order chi connectivity index (χ0) is 57.6. The van der Waals surface area contributed by atoms with E-state index < -0.39 is 5.97 Å². The number of aryl methyl sites for hydroxylation is 6. The number of hydrogen-bond donors (Lipinski definition) is 4. The molecule has 0 atom stereocenters. The highest BCUT2D eigenvalue weighted by Crippen LogP contribution is 2.20. The minimum Gasteiger partial charge on any atom is -0.478 e. The Morgan fingerprint density at radius 3 is 1.32 bits per heavy atom. The first-order chi connectivity index (χ1) is 39.0. The van der Waals surface area contributed by atoms with Crippen molar-refractivity contribution >= 4 is 62.1 Å². The van der Waals surface area contributed by atoms with Crippen LogP contribution in [-0.4, -0.2) is 83.7 Å². The smallest absolute Gasteiger partial charge is 0.341 e. The van der Waals surface area contributed by atoms with Gasteiger partial charge in [0.25, 0.3) is 0 Å². The summed E-state index contributed by atoms with van der Waals surface area (Å²) in [7, 11) is 0. The lowest BCUT2D eigenvalue weighted by Crippen LogP contribution is -2.04. The highest BCUT2D eigenvalue weighted by atomic mass is 16.5. The van der Waals surface area contributed by atoms with Crippen LogP contribution in [0.2, 0.25) is 0 Å². The van der Waals surface area contributed by atoms with Gasteiger partial charge in [0.1, 0.15) is 11.6 Å². The van der Waals surface area contributed by atoms with E-state index in [1.54, 1.807) is 45.5 Å². The molecule has 0 radical (unpaired) electrons. The van der Waals surface area contributed by atoms with Crippen LogP contribution >= 0.6 is 0 Å². The molecule has 19 nitrogen and oxygen atoms in total. The van der Waals surface area contributed by atoms with Crippen molar-refractivity contribution in [2.75, 3.05) is 18.1 Å². The van der Waals surface area contributed by atoms with E-state index >= 15 is 0 Å². The van der Waals surface area contributed by atoms with E-state index in [-0.39, 0.29) is 17.3 Å². The van der Waals surface area contributed by atoms with Gasteiger partial charge in [-0.1, -0.05) is 48.5 Å². The molecule has 81 heavy (non-hydrogen) atoms. The van der Waals surface area contributed by atoms with Crippen LogP contribution in [0.25, 0.3) is 32.7 Å². The van der Waals surface area contributed by atoms with Crippen molar-refractivity contribution in [2.24, 2.45) is 5.73 Å². The van der Waals surface area contributed by atoms with E-state index in [0.717, 1.165) is 89.0 Å². The molecule has 19 heteroatoms. The van der Waals surface area contributed by atoms with E-state index in [2.05, 4.69) is 70.5 Å². The average Bonchev–Trinajstić information content (AvgIpc) is 4.24. The molecule has 0 spiro atoms. The number of carboxylic acid groups (broad SMARTS) is 1. The van der Waals surface area contributed by atoms with Gasteiger partial charge in [-0.15, -0.1) is 0 Å². The van der Waals surface area contributed by atoms with Gasteiger partial charge in [-0.05, 0) is 143 Å². The largest absolute Gasteiger partial charge is 0.478 e. The molecule has 7 N–H and O–H groups in total.